The van der Waals surface area contributed by atoms with Gasteiger partial charge in [0.25, 0.3) is 5.91 Å². The van der Waals surface area contributed by atoms with Crippen LogP contribution < -0.4 is 10.2 Å². The van der Waals surface area contributed by atoms with Gasteiger partial charge < -0.3 is 34.2 Å². The molecule has 7 rings (SSSR count). The maximum atomic E-state index is 13.1. The van der Waals surface area contributed by atoms with E-state index in [1.54, 1.807) is 6.33 Å². The number of piperazine rings is 1. The molecule has 5 heterocycles. The summed E-state index contributed by atoms with van der Waals surface area (Å²) < 4.78 is 7.49. The minimum atomic E-state index is 0.0449. The fourth-order valence-corrected chi connectivity index (χ4v) is 6.16. The minimum absolute atomic E-state index is 0.0449. The Morgan fingerprint density at radius 2 is 1.64 bits per heavy atom. The molecule has 0 atom stereocenters. The second-order valence-electron chi connectivity index (χ2n) is 11.9. The lowest BCUT2D eigenvalue weighted by molar-refractivity contribution is -0.127. The first-order chi connectivity index (χ1) is 22.0. The van der Waals surface area contributed by atoms with Gasteiger partial charge in [0.05, 0.1) is 19.5 Å². The zero-order valence-electron chi connectivity index (χ0n) is 25.7. The van der Waals surface area contributed by atoms with Gasteiger partial charge >= 0.3 is 0 Å². The number of hydrogen-bond acceptors (Lipinski definition) is 9. The highest BCUT2D eigenvalue weighted by atomic mass is 16.5. The summed E-state index contributed by atoms with van der Waals surface area (Å²) in [6.07, 6.45) is 3.29. The summed E-state index contributed by atoms with van der Waals surface area (Å²) in [6, 6.07) is 15.8. The molecule has 0 spiro atoms. The molecule has 0 radical (unpaired) electrons. The van der Waals surface area contributed by atoms with Gasteiger partial charge in [-0.3, -0.25) is 9.59 Å². The first-order valence-electron chi connectivity index (χ1n) is 15.8. The summed E-state index contributed by atoms with van der Waals surface area (Å²) in [4.78, 5) is 48.3. The number of morpholine rings is 1. The smallest absolute Gasteiger partial charge is 0.253 e. The Hall–Kier alpha value is -4.55. The number of imidazole rings is 1. The Labute approximate surface area is 262 Å². The molecular weight excluding hydrogens is 570 g/mol. The predicted molar refractivity (Wildman–Crippen MR) is 173 cm³/mol. The minimum Gasteiger partial charge on any atom is -0.378 e. The van der Waals surface area contributed by atoms with Crippen molar-refractivity contribution in [2.75, 3.05) is 82.8 Å². The Morgan fingerprint density at radius 3 is 2.36 bits per heavy atom. The second kappa shape index (κ2) is 12.8. The topological polar surface area (TPSA) is 112 Å². The number of ether oxygens (including phenoxy) is 1. The molecule has 4 aromatic rings. The number of nitrogens with zero attached hydrogens (tertiary/aromatic N) is 8. The fraction of sp³-hybridized carbons (Fsp3) is 0.424. The van der Waals surface area contributed by atoms with Gasteiger partial charge in [0.15, 0.2) is 22.8 Å². The van der Waals surface area contributed by atoms with E-state index < -0.39 is 0 Å². The Kier molecular flexibility index (Phi) is 8.31. The molecule has 2 aromatic heterocycles. The average Bonchev–Trinajstić information content (AvgIpc) is 3.70. The van der Waals surface area contributed by atoms with E-state index in [1.807, 2.05) is 50.8 Å². The van der Waals surface area contributed by atoms with Gasteiger partial charge in [-0.05, 0) is 49.9 Å². The standard InChI is InChI=1S/C33H39N9O3/c1-38-13-15-41(16-14-38)33(44)25-6-4-24(5-7-25)30-36-31(35-26-8-10-27(11-9-26)39-19-21-45-22-20-39)29-32(37-30)42(23-34-29)18-17-40-12-2-3-28(40)43/h4-11,23H,2-3,12-22H2,1H3,(H,35,36,37). The molecule has 3 fully saturated rings. The van der Waals surface area contributed by atoms with E-state index in [-0.39, 0.29) is 11.8 Å². The van der Waals surface area contributed by atoms with E-state index >= 15 is 0 Å². The number of hydrogen-bond donors (Lipinski definition) is 1. The molecule has 3 saturated heterocycles. The average molecular weight is 610 g/mol. The van der Waals surface area contributed by atoms with Crippen LogP contribution in [-0.2, 0) is 16.1 Å². The van der Waals surface area contributed by atoms with Crippen molar-refractivity contribution < 1.29 is 14.3 Å². The number of rotatable bonds is 8. The van der Waals surface area contributed by atoms with E-state index in [0.717, 1.165) is 82.4 Å². The highest BCUT2D eigenvalue weighted by Crippen LogP contribution is 2.28. The molecule has 45 heavy (non-hydrogen) atoms. The van der Waals surface area contributed by atoms with Crippen molar-refractivity contribution >= 4 is 40.2 Å². The summed E-state index contributed by atoms with van der Waals surface area (Å²) in [5, 5.41) is 3.48. The monoisotopic (exact) mass is 609 g/mol. The lowest BCUT2D eigenvalue weighted by Gasteiger charge is -2.32. The Bertz CT molecular complexity index is 1660. The van der Waals surface area contributed by atoms with Crippen molar-refractivity contribution in [2.24, 2.45) is 0 Å². The van der Waals surface area contributed by atoms with E-state index in [0.29, 0.717) is 47.9 Å². The maximum Gasteiger partial charge on any atom is 0.253 e. The van der Waals surface area contributed by atoms with Crippen LogP contribution in [-0.4, -0.2) is 119 Å². The second-order valence-corrected chi connectivity index (χ2v) is 11.9. The third-order valence-electron chi connectivity index (χ3n) is 8.93. The molecular formula is C33H39N9O3. The Balaban J connectivity index is 1.17. The molecule has 1 N–H and O–H groups in total. The number of aromatic nitrogens is 4. The number of benzene rings is 2. The predicted octanol–water partition coefficient (Wildman–Crippen LogP) is 3.08. The van der Waals surface area contributed by atoms with Crippen molar-refractivity contribution in [2.45, 2.75) is 19.4 Å². The Morgan fingerprint density at radius 1 is 0.889 bits per heavy atom. The highest BCUT2D eigenvalue weighted by molar-refractivity contribution is 5.95. The van der Waals surface area contributed by atoms with Crippen LogP contribution in [0, 0.1) is 0 Å². The van der Waals surface area contributed by atoms with E-state index in [4.69, 9.17) is 19.7 Å². The van der Waals surface area contributed by atoms with Crippen molar-refractivity contribution in [3.8, 4) is 11.4 Å². The van der Waals surface area contributed by atoms with E-state index in [9.17, 15) is 9.59 Å². The van der Waals surface area contributed by atoms with Crippen LogP contribution in [0.2, 0.25) is 0 Å². The summed E-state index contributed by atoms with van der Waals surface area (Å²) in [7, 11) is 2.08. The van der Waals surface area contributed by atoms with Crippen LogP contribution in [0.15, 0.2) is 54.9 Å². The van der Waals surface area contributed by atoms with E-state index in [1.165, 1.54) is 0 Å². The zero-order valence-corrected chi connectivity index (χ0v) is 25.7. The fourth-order valence-electron chi connectivity index (χ4n) is 6.16. The van der Waals surface area contributed by atoms with Crippen molar-refractivity contribution in [1.29, 1.82) is 0 Å². The summed E-state index contributed by atoms with van der Waals surface area (Å²) >= 11 is 0. The van der Waals surface area contributed by atoms with Crippen LogP contribution in [0.3, 0.4) is 0 Å². The number of carbonyl (C=O) groups excluding carboxylic acids is 2. The molecule has 0 saturated carbocycles. The van der Waals surface area contributed by atoms with E-state index in [2.05, 4.69) is 34.3 Å². The molecule has 0 bridgehead atoms. The van der Waals surface area contributed by atoms with Gasteiger partial charge in [-0.1, -0.05) is 12.1 Å². The van der Waals surface area contributed by atoms with Gasteiger partial charge in [-0.2, -0.15) is 0 Å². The third-order valence-corrected chi connectivity index (χ3v) is 8.93. The van der Waals surface area contributed by atoms with Crippen molar-refractivity contribution in [3.63, 3.8) is 0 Å². The van der Waals surface area contributed by atoms with Crippen molar-refractivity contribution in [1.82, 2.24) is 34.2 Å². The van der Waals surface area contributed by atoms with Crippen LogP contribution >= 0.6 is 0 Å². The largest absolute Gasteiger partial charge is 0.378 e. The molecule has 3 aliphatic rings. The molecule has 12 nitrogen and oxygen atoms in total. The van der Waals surface area contributed by atoms with Gasteiger partial charge in [-0.15, -0.1) is 0 Å². The quantitative estimate of drug-likeness (QED) is 0.322. The van der Waals surface area contributed by atoms with Crippen LogP contribution in [0.5, 0.6) is 0 Å². The summed E-state index contributed by atoms with van der Waals surface area (Å²) in [6.45, 7) is 8.43. The van der Waals surface area contributed by atoms with Gasteiger partial charge in [0.1, 0.15) is 0 Å². The number of likely N-dealkylation sites (N-methyl/N-ethyl adjacent to an activating group) is 1. The molecule has 2 aromatic carbocycles. The highest BCUT2D eigenvalue weighted by Gasteiger charge is 2.23. The van der Waals surface area contributed by atoms with Gasteiger partial charge in [0, 0.05) is 87.8 Å². The zero-order chi connectivity index (χ0) is 30.8. The third kappa shape index (κ3) is 6.34. The van der Waals surface area contributed by atoms with Crippen LogP contribution in [0.25, 0.3) is 22.6 Å². The summed E-state index contributed by atoms with van der Waals surface area (Å²) in [5.41, 5.74) is 4.86. The number of nitrogens with one attached hydrogen (secondary N) is 1. The number of amides is 2. The molecule has 234 valence electrons. The number of likely N-dealkylation sites (tertiary alicyclic amines) is 1. The van der Waals surface area contributed by atoms with Crippen LogP contribution in [0.4, 0.5) is 17.2 Å². The molecule has 12 heteroatoms. The van der Waals surface area contributed by atoms with Crippen molar-refractivity contribution in [3.05, 3.63) is 60.4 Å². The number of fused-ring (bicyclic) bond motifs is 1. The van der Waals surface area contributed by atoms with Crippen LogP contribution in [0.1, 0.15) is 23.2 Å². The van der Waals surface area contributed by atoms with Gasteiger partial charge in [-0.25, -0.2) is 15.0 Å². The number of anilines is 3. The lowest BCUT2D eigenvalue weighted by atomic mass is 10.1. The first kappa shape index (κ1) is 29.2. The molecule has 2 amide bonds. The molecule has 0 unspecified atom stereocenters. The molecule has 3 aliphatic heterocycles. The number of carbonyl (C=O) groups is 2. The lowest BCUT2D eigenvalue weighted by Crippen LogP contribution is -2.47. The molecule has 0 aliphatic carbocycles. The normalized spacial score (nSPS) is 17.8. The SMILES string of the molecule is CN1CCN(C(=O)c2ccc(-c3nc(Nc4ccc(N5CCOCC5)cc4)c4ncn(CCN5CCCC5=O)c4n3)cc2)CC1. The summed E-state index contributed by atoms with van der Waals surface area (Å²) in [5.74, 6) is 1.38. The first-order valence-corrected chi connectivity index (χ1v) is 15.8. The maximum absolute atomic E-state index is 13.1. The van der Waals surface area contributed by atoms with Gasteiger partial charge in [0.2, 0.25) is 5.91 Å².